The van der Waals surface area contributed by atoms with Crippen molar-refractivity contribution in [2.24, 2.45) is 35.5 Å². The van der Waals surface area contributed by atoms with Crippen LogP contribution in [0.4, 0.5) is 0 Å². The lowest BCUT2D eigenvalue weighted by Gasteiger charge is -2.22. The number of unbranched alkanes of at least 4 members (excludes halogenated alkanes) is 1. The second kappa shape index (κ2) is 25.5. The summed E-state index contributed by atoms with van der Waals surface area (Å²) in [6.07, 6.45) is 28.8. The van der Waals surface area contributed by atoms with Crippen LogP contribution < -0.4 is 0 Å². The molecule has 0 N–H and O–H groups in total. The molecule has 0 fully saturated rings. The summed E-state index contributed by atoms with van der Waals surface area (Å²) >= 11 is 0. The zero-order valence-corrected chi connectivity index (χ0v) is 31.5. The Bertz CT molecular complexity index is 690. The van der Waals surface area contributed by atoms with Crippen molar-refractivity contribution in [2.45, 2.75) is 203 Å². The predicted molar refractivity (Wildman–Crippen MR) is 193 cm³/mol. The van der Waals surface area contributed by atoms with Gasteiger partial charge in [0.2, 0.25) is 0 Å². The highest BCUT2D eigenvalue weighted by Crippen LogP contribution is 2.25. The third-order valence-corrected chi connectivity index (χ3v) is 10.4. The van der Waals surface area contributed by atoms with Crippen molar-refractivity contribution in [3.8, 4) is 0 Å². The van der Waals surface area contributed by atoms with Crippen LogP contribution in [0, 0.1) is 35.5 Å². The number of carbonyl (C=O) groups excluding carboxylic acids is 1. The maximum atomic E-state index is 12.3. The summed E-state index contributed by atoms with van der Waals surface area (Å²) in [5.41, 5.74) is 0.906. The summed E-state index contributed by atoms with van der Waals surface area (Å²) in [4.78, 5) is 12.3. The van der Waals surface area contributed by atoms with Crippen LogP contribution in [-0.2, 0) is 9.53 Å². The maximum absolute atomic E-state index is 12.3. The van der Waals surface area contributed by atoms with Crippen LogP contribution in [0.15, 0.2) is 11.6 Å². The van der Waals surface area contributed by atoms with Crippen molar-refractivity contribution in [3.05, 3.63) is 11.6 Å². The highest BCUT2D eigenvalue weighted by molar-refractivity contribution is 5.86. The molecule has 5 atom stereocenters. The smallest absolute Gasteiger partial charge is 0.164 e. The molecule has 1 unspecified atom stereocenters. The Hall–Kier alpha value is -0.630. The van der Waals surface area contributed by atoms with Crippen LogP contribution in [0.3, 0.4) is 0 Å². The average Bonchev–Trinajstić information content (AvgIpc) is 2.93. The monoisotopic (exact) mass is 605 g/mol. The minimum atomic E-state index is -0.641. The number of methoxy groups -OCH3 is 1. The van der Waals surface area contributed by atoms with Crippen LogP contribution in [0.25, 0.3) is 0 Å². The first-order valence-electron chi connectivity index (χ1n) is 19.0. The van der Waals surface area contributed by atoms with Crippen molar-refractivity contribution in [1.82, 2.24) is 0 Å². The van der Waals surface area contributed by atoms with Gasteiger partial charge in [-0.2, -0.15) is 0 Å². The van der Waals surface area contributed by atoms with Gasteiger partial charge in [-0.25, -0.2) is 0 Å². The number of Topliss-reactive ketones (excluding diaryl/α,β-unsaturated/α-hetero) is 1. The first kappa shape index (κ1) is 42.4. The van der Waals surface area contributed by atoms with Gasteiger partial charge in [-0.1, -0.05) is 150 Å². The molecular formula is C41H80O2. The number of hydrogen-bond donors (Lipinski definition) is 0. The third kappa shape index (κ3) is 25.3. The molecule has 0 heterocycles. The highest BCUT2D eigenvalue weighted by atomic mass is 16.5. The van der Waals surface area contributed by atoms with Crippen molar-refractivity contribution >= 4 is 5.78 Å². The second-order valence-electron chi connectivity index (χ2n) is 16.2. The number of ether oxygens (including phenoxy) is 1. The van der Waals surface area contributed by atoms with Gasteiger partial charge in [-0.05, 0) is 88.4 Å². The lowest BCUT2D eigenvalue weighted by atomic mass is 9.90. The number of ketones is 1. The predicted octanol–water partition coefficient (Wildman–Crippen LogP) is 13.6. The molecule has 0 aliphatic carbocycles. The van der Waals surface area contributed by atoms with Gasteiger partial charge < -0.3 is 4.74 Å². The van der Waals surface area contributed by atoms with Gasteiger partial charge in [0, 0.05) is 13.5 Å². The summed E-state index contributed by atoms with van der Waals surface area (Å²) in [5.74, 6) is 5.26. The molecule has 43 heavy (non-hydrogen) atoms. The lowest BCUT2D eigenvalue weighted by Crippen LogP contribution is -2.33. The van der Waals surface area contributed by atoms with E-state index >= 15 is 0 Å². The second-order valence-corrected chi connectivity index (χ2v) is 16.2. The van der Waals surface area contributed by atoms with E-state index in [4.69, 9.17) is 4.74 Å². The number of hydrogen-bond acceptors (Lipinski definition) is 2. The molecule has 0 aromatic rings. The molecule has 0 aromatic heterocycles. The van der Waals surface area contributed by atoms with E-state index in [1.54, 1.807) is 12.7 Å². The van der Waals surface area contributed by atoms with Crippen LogP contribution in [-0.4, -0.2) is 18.5 Å². The largest absolute Gasteiger partial charge is 0.371 e. The van der Waals surface area contributed by atoms with E-state index in [1.165, 1.54) is 116 Å². The molecule has 2 nitrogen and oxygen atoms in total. The number of rotatable bonds is 29. The Labute approximate surface area is 272 Å². The summed E-state index contributed by atoms with van der Waals surface area (Å²) in [6, 6.07) is 0. The first-order valence-corrected chi connectivity index (χ1v) is 19.0. The van der Waals surface area contributed by atoms with E-state index in [1.807, 2.05) is 13.8 Å². The quantitative estimate of drug-likeness (QED) is 0.0627. The fourth-order valence-corrected chi connectivity index (χ4v) is 6.45. The fourth-order valence-electron chi connectivity index (χ4n) is 6.45. The minimum Gasteiger partial charge on any atom is -0.371 e. The van der Waals surface area contributed by atoms with E-state index in [0.29, 0.717) is 12.3 Å². The summed E-state index contributed by atoms with van der Waals surface area (Å²) in [7, 11) is 1.62. The van der Waals surface area contributed by atoms with Crippen LogP contribution >= 0.6 is 0 Å². The Morgan fingerprint density at radius 3 is 1.42 bits per heavy atom. The molecule has 2 heteroatoms. The van der Waals surface area contributed by atoms with Crippen LogP contribution in [0.5, 0.6) is 0 Å². The molecule has 0 saturated carbocycles. The van der Waals surface area contributed by atoms with Crippen molar-refractivity contribution in [1.29, 1.82) is 0 Å². The molecule has 0 spiro atoms. The molecule has 0 rings (SSSR count). The summed E-state index contributed by atoms with van der Waals surface area (Å²) in [5, 5.41) is 0. The van der Waals surface area contributed by atoms with E-state index in [9.17, 15) is 4.79 Å². The Kier molecular flexibility index (Phi) is 25.2. The van der Waals surface area contributed by atoms with Crippen LogP contribution in [0.2, 0.25) is 0 Å². The molecule has 0 aromatic carbocycles. The van der Waals surface area contributed by atoms with Gasteiger partial charge in [0.05, 0.1) is 0 Å². The Morgan fingerprint density at radius 2 is 0.953 bits per heavy atom. The molecule has 0 amide bonds. The fraction of sp³-hybridized carbons (Fsp3) is 0.927. The lowest BCUT2D eigenvalue weighted by molar-refractivity contribution is -0.137. The molecule has 0 saturated heterocycles. The van der Waals surface area contributed by atoms with Gasteiger partial charge >= 0.3 is 0 Å². The first-order chi connectivity index (χ1) is 20.3. The van der Waals surface area contributed by atoms with Gasteiger partial charge in [0.15, 0.2) is 5.78 Å². The zero-order chi connectivity index (χ0) is 32.7. The standard InChI is InChI=1S/C41H80O2/c1-33(2)19-14-22-36(5)25-17-28-37(6)26-15-23-34(3)20-12-13-21-35(4)24-16-27-38(7)29-18-30-39(8)31-32-40(42)41(9,10)43-11/h27,33-37,39H,12-26,28-32H2,1-11H3/b38-27+/t34?,35-,36-,37+,39+/m1/s1. The topological polar surface area (TPSA) is 26.3 Å². The molecule has 0 aliphatic heterocycles. The van der Waals surface area contributed by atoms with E-state index < -0.39 is 5.60 Å². The third-order valence-electron chi connectivity index (χ3n) is 10.4. The van der Waals surface area contributed by atoms with E-state index in [-0.39, 0.29) is 5.78 Å². The van der Waals surface area contributed by atoms with Gasteiger partial charge in [0.1, 0.15) is 5.60 Å². The molecule has 0 aliphatic rings. The highest BCUT2D eigenvalue weighted by Gasteiger charge is 2.26. The zero-order valence-electron chi connectivity index (χ0n) is 31.5. The van der Waals surface area contributed by atoms with Crippen molar-refractivity contribution in [2.75, 3.05) is 7.11 Å². The normalized spacial score (nSPS) is 16.3. The molecular weight excluding hydrogens is 524 g/mol. The van der Waals surface area contributed by atoms with Gasteiger partial charge in [-0.15, -0.1) is 0 Å². The SMILES string of the molecule is COC(C)(C)C(=O)CC[C@@H](C)CCC/C(C)=C/CC[C@H](C)CCCCC(C)CCC[C@H](C)CCC[C@H](C)CCCC(C)C. The van der Waals surface area contributed by atoms with Crippen molar-refractivity contribution < 1.29 is 9.53 Å². The summed E-state index contributed by atoms with van der Waals surface area (Å²) < 4.78 is 5.32. The minimum absolute atomic E-state index is 0.223. The molecule has 0 radical (unpaired) electrons. The maximum Gasteiger partial charge on any atom is 0.164 e. The number of allylic oxidation sites excluding steroid dienone is 2. The Balaban J connectivity index is 3.80. The number of carbonyl (C=O) groups is 1. The molecule has 0 bridgehead atoms. The van der Waals surface area contributed by atoms with Gasteiger partial charge in [0.25, 0.3) is 0 Å². The van der Waals surface area contributed by atoms with Crippen LogP contribution in [0.1, 0.15) is 198 Å². The van der Waals surface area contributed by atoms with E-state index in [2.05, 4.69) is 61.5 Å². The average molecular weight is 605 g/mol. The Morgan fingerprint density at radius 1 is 0.558 bits per heavy atom. The van der Waals surface area contributed by atoms with Crippen molar-refractivity contribution in [3.63, 3.8) is 0 Å². The molecule has 256 valence electrons. The van der Waals surface area contributed by atoms with Gasteiger partial charge in [-0.3, -0.25) is 4.79 Å². The summed E-state index contributed by atoms with van der Waals surface area (Å²) in [6.45, 7) is 22.9. The van der Waals surface area contributed by atoms with E-state index in [0.717, 1.165) is 36.0 Å².